The average molecular weight is 409 g/mol. The normalized spacial score (nSPS) is 44.1. The summed E-state index contributed by atoms with van der Waals surface area (Å²) in [5.41, 5.74) is 8.26. The van der Waals surface area contributed by atoms with Crippen LogP contribution in [-0.2, 0) is 18.9 Å². The number of hydrogen-bond acceptors (Lipinski definition) is 11. The van der Waals surface area contributed by atoms with Gasteiger partial charge in [-0.15, -0.1) is 0 Å². The van der Waals surface area contributed by atoms with Gasteiger partial charge in [-0.05, 0) is 18.9 Å². The Morgan fingerprint density at radius 1 is 0.964 bits per heavy atom. The van der Waals surface area contributed by atoms with Gasteiger partial charge in [0.15, 0.2) is 12.6 Å². The van der Waals surface area contributed by atoms with E-state index in [9.17, 15) is 30.6 Å². The fourth-order valence-corrected chi connectivity index (χ4v) is 3.00. The molecule has 0 aromatic carbocycles. The maximum Gasteiger partial charge on any atom is 0.187 e. The molecular formula is C15H27N3O10. The van der Waals surface area contributed by atoms with Crippen molar-refractivity contribution in [3.05, 3.63) is 10.4 Å². The van der Waals surface area contributed by atoms with Crippen LogP contribution in [0.2, 0.25) is 0 Å². The van der Waals surface area contributed by atoms with Gasteiger partial charge in [-0.2, -0.15) is 0 Å². The first-order valence-electron chi connectivity index (χ1n) is 8.91. The van der Waals surface area contributed by atoms with Crippen LogP contribution in [0.15, 0.2) is 5.11 Å². The highest BCUT2D eigenvalue weighted by Gasteiger charge is 2.50. The van der Waals surface area contributed by atoms with Gasteiger partial charge in [0.1, 0.15) is 42.7 Å². The highest BCUT2D eigenvalue weighted by Crippen LogP contribution is 2.29. The lowest BCUT2D eigenvalue weighted by Crippen LogP contribution is -2.64. The Morgan fingerprint density at radius 3 is 2.32 bits per heavy atom. The Morgan fingerprint density at radius 2 is 1.68 bits per heavy atom. The molecular weight excluding hydrogens is 382 g/mol. The lowest BCUT2D eigenvalue weighted by atomic mass is 9.97. The first kappa shape index (κ1) is 23.2. The molecule has 0 saturated carbocycles. The van der Waals surface area contributed by atoms with Crippen LogP contribution >= 0.6 is 0 Å². The second kappa shape index (κ2) is 10.6. The summed E-state index contributed by atoms with van der Waals surface area (Å²) < 4.78 is 21.8. The standard InChI is InChI=1S/C15H27N3O10/c1-6-8(20)10(22)12(24)14(26-6)28-13-11(23)9(21)7(5-19)27-15(13)25-4-2-3-17-18-16/h6-15,19-24H,2-5H2,1H3. The van der Waals surface area contributed by atoms with Crippen LogP contribution in [0, 0.1) is 0 Å². The first-order chi connectivity index (χ1) is 13.3. The van der Waals surface area contributed by atoms with Crippen molar-refractivity contribution in [2.75, 3.05) is 19.8 Å². The summed E-state index contributed by atoms with van der Waals surface area (Å²) in [6.45, 7) is 1.09. The molecule has 2 fully saturated rings. The Balaban J connectivity index is 2.08. The van der Waals surface area contributed by atoms with Crippen LogP contribution < -0.4 is 0 Å². The third-order valence-electron chi connectivity index (χ3n) is 4.67. The second-order valence-corrected chi connectivity index (χ2v) is 6.67. The van der Waals surface area contributed by atoms with Crippen LogP contribution in [0.1, 0.15) is 13.3 Å². The molecule has 0 aliphatic carbocycles. The minimum absolute atomic E-state index is 0.0519. The van der Waals surface area contributed by atoms with Gasteiger partial charge < -0.3 is 49.6 Å². The molecule has 13 heteroatoms. The molecule has 0 bridgehead atoms. The second-order valence-electron chi connectivity index (χ2n) is 6.67. The summed E-state index contributed by atoms with van der Waals surface area (Å²) in [5, 5.41) is 62.9. The molecule has 2 aliphatic rings. The van der Waals surface area contributed by atoms with Gasteiger partial charge in [0.25, 0.3) is 0 Å². The highest BCUT2D eigenvalue weighted by atomic mass is 16.8. The quantitative estimate of drug-likeness (QED) is 0.106. The third kappa shape index (κ3) is 5.28. The van der Waals surface area contributed by atoms with Crippen LogP contribution in [0.4, 0.5) is 0 Å². The van der Waals surface area contributed by atoms with E-state index in [1.165, 1.54) is 6.92 Å². The summed E-state index contributed by atoms with van der Waals surface area (Å²) in [6.07, 6.45) is -13.3. The fourth-order valence-electron chi connectivity index (χ4n) is 3.00. The van der Waals surface area contributed by atoms with Gasteiger partial charge in [0.2, 0.25) is 0 Å². The predicted molar refractivity (Wildman–Crippen MR) is 89.6 cm³/mol. The maximum atomic E-state index is 10.4. The number of aliphatic hydroxyl groups excluding tert-OH is 6. The minimum Gasteiger partial charge on any atom is -0.394 e. The number of rotatable bonds is 8. The maximum absolute atomic E-state index is 10.4. The van der Waals surface area contributed by atoms with Crippen molar-refractivity contribution < 1.29 is 49.6 Å². The SMILES string of the molecule is CC1OC(OC2C(OCCCN=[N+]=[N-])OC(CO)C(O)C2O)C(O)C(O)C1O. The first-order valence-corrected chi connectivity index (χ1v) is 8.91. The van der Waals surface area contributed by atoms with Crippen LogP contribution in [0.3, 0.4) is 0 Å². The average Bonchev–Trinajstić information content (AvgIpc) is 2.68. The van der Waals surface area contributed by atoms with Gasteiger partial charge in [0, 0.05) is 18.1 Å². The van der Waals surface area contributed by atoms with Crippen molar-refractivity contribution in [3.63, 3.8) is 0 Å². The fraction of sp³-hybridized carbons (Fsp3) is 1.00. The molecule has 0 radical (unpaired) electrons. The van der Waals surface area contributed by atoms with E-state index in [-0.39, 0.29) is 13.2 Å². The Labute approximate surface area is 160 Å². The summed E-state index contributed by atoms with van der Waals surface area (Å²) in [7, 11) is 0. The topological polar surface area (TPSA) is 207 Å². The largest absolute Gasteiger partial charge is 0.394 e. The Kier molecular flexibility index (Phi) is 8.80. The summed E-state index contributed by atoms with van der Waals surface area (Å²) in [4.78, 5) is 2.61. The molecule has 10 atom stereocenters. The van der Waals surface area contributed by atoms with E-state index in [1.54, 1.807) is 0 Å². The van der Waals surface area contributed by atoms with Crippen molar-refractivity contribution in [1.82, 2.24) is 0 Å². The molecule has 2 saturated heterocycles. The highest BCUT2D eigenvalue weighted by molar-refractivity contribution is 4.93. The number of azide groups is 1. The molecule has 28 heavy (non-hydrogen) atoms. The predicted octanol–water partition coefficient (Wildman–Crippen LogP) is -2.64. The van der Waals surface area contributed by atoms with Crippen molar-refractivity contribution in [2.45, 2.75) is 74.8 Å². The van der Waals surface area contributed by atoms with E-state index in [0.29, 0.717) is 6.42 Å². The molecule has 0 spiro atoms. The zero-order valence-electron chi connectivity index (χ0n) is 15.3. The number of ether oxygens (including phenoxy) is 4. The van der Waals surface area contributed by atoms with Crippen LogP contribution in [0.5, 0.6) is 0 Å². The minimum atomic E-state index is -1.63. The number of hydrogen-bond donors (Lipinski definition) is 6. The van der Waals surface area contributed by atoms with Gasteiger partial charge in [0.05, 0.1) is 12.7 Å². The number of nitrogens with zero attached hydrogens (tertiary/aromatic N) is 3. The zero-order chi connectivity index (χ0) is 20.8. The van der Waals surface area contributed by atoms with Crippen molar-refractivity contribution in [2.24, 2.45) is 5.11 Å². The monoisotopic (exact) mass is 409 g/mol. The summed E-state index contributed by atoms with van der Waals surface area (Å²) in [5.74, 6) is 0. The lowest BCUT2D eigenvalue weighted by molar-refractivity contribution is -0.364. The van der Waals surface area contributed by atoms with Crippen LogP contribution in [-0.4, -0.2) is 112 Å². The molecule has 2 rings (SSSR count). The molecule has 0 aromatic rings. The molecule has 0 amide bonds. The van der Waals surface area contributed by atoms with E-state index >= 15 is 0 Å². The molecule has 6 N–H and O–H groups in total. The lowest BCUT2D eigenvalue weighted by Gasteiger charge is -2.45. The van der Waals surface area contributed by atoms with E-state index < -0.39 is 68.0 Å². The van der Waals surface area contributed by atoms with Gasteiger partial charge in [-0.25, -0.2) is 0 Å². The van der Waals surface area contributed by atoms with Gasteiger partial charge in [-0.3, -0.25) is 0 Å². The number of aliphatic hydroxyl groups is 6. The molecule has 10 unspecified atom stereocenters. The van der Waals surface area contributed by atoms with E-state index in [2.05, 4.69) is 10.0 Å². The molecule has 2 aliphatic heterocycles. The van der Waals surface area contributed by atoms with E-state index in [0.717, 1.165) is 0 Å². The summed E-state index contributed by atoms with van der Waals surface area (Å²) >= 11 is 0. The van der Waals surface area contributed by atoms with Gasteiger partial charge >= 0.3 is 0 Å². The third-order valence-corrected chi connectivity index (χ3v) is 4.67. The Hall–Kier alpha value is -1.09. The van der Waals surface area contributed by atoms with E-state index in [4.69, 9.17) is 24.5 Å². The Bertz CT molecular complexity index is 536. The van der Waals surface area contributed by atoms with Gasteiger partial charge in [-0.1, -0.05) is 5.11 Å². The van der Waals surface area contributed by atoms with E-state index in [1.807, 2.05) is 0 Å². The van der Waals surface area contributed by atoms with Crippen molar-refractivity contribution in [3.8, 4) is 0 Å². The summed E-state index contributed by atoms with van der Waals surface area (Å²) in [6, 6.07) is 0. The zero-order valence-corrected chi connectivity index (χ0v) is 15.3. The molecule has 0 aromatic heterocycles. The molecule has 2 heterocycles. The smallest absolute Gasteiger partial charge is 0.187 e. The van der Waals surface area contributed by atoms with Crippen LogP contribution in [0.25, 0.3) is 10.4 Å². The van der Waals surface area contributed by atoms with Crippen molar-refractivity contribution >= 4 is 0 Å². The molecule has 162 valence electrons. The van der Waals surface area contributed by atoms with Crippen molar-refractivity contribution in [1.29, 1.82) is 0 Å². The molecule has 13 nitrogen and oxygen atoms in total.